The summed E-state index contributed by atoms with van der Waals surface area (Å²) in [6, 6.07) is 6.53. The van der Waals surface area contributed by atoms with Gasteiger partial charge < -0.3 is 39.7 Å². The molecule has 0 amide bonds. The Morgan fingerprint density at radius 1 is 0.759 bits per heavy atom. The van der Waals surface area contributed by atoms with Gasteiger partial charge in [0.05, 0.1) is 70.6 Å². The Morgan fingerprint density at radius 2 is 1.14 bits per heavy atom. The summed E-state index contributed by atoms with van der Waals surface area (Å²) < 4.78 is 14.1. The summed E-state index contributed by atoms with van der Waals surface area (Å²) in [5, 5.41) is 41.9. The van der Waals surface area contributed by atoms with E-state index in [1.165, 1.54) is 0 Å². The van der Waals surface area contributed by atoms with Crippen LogP contribution in [0.5, 0.6) is 0 Å². The van der Waals surface area contributed by atoms with E-state index >= 15 is 0 Å². The van der Waals surface area contributed by atoms with Gasteiger partial charge in [0.1, 0.15) is 0 Å². The number of cyclic esters (lactones) is 2. The van der Waals surface area contributed by atoms with E-state index < -0.39 is 17.4 Å². The van der Waals surface area contributed by atoms with Crippen LogP contribution in [0, 0.1) is 5.41 Å². The van der Waals surface area contributed by atoms with Gasteiger partial charge in [-0.3, -0.25) is 0 Å². The molecular formula is C19H30O10. The minimum absolute atomic E-state index is 0.0417. The summed E-state index contributed by atoms with van der Waals surface area (Å²) in [5.74, 6) is -1.10. The van der Waals surface area contributed by atoms with E-state index in [0.29, 0.717) is 37.6 Å². The van der Waals surface area contributed by atoms with E-state index in [1.807, 2.05) is 0 Å². The molecule has 1 heterocycles. The topological polar surface area (TPSA) is 163 Å². The third kappa shape index (κ3) is 11.0. The van der Waals surface area contributed by atoms with Gasteiger partial charge >= 0.3 is 11.9 Å². The molecule has 0 saturated carbocycles. The van der Waals surface area contributed by atoms with Crippen molar-refractivity contribution in [3.8, 4) is 0 Å². The lowest BCUT2D eigenvalue weighted by Gasteiger charge is -2.20. The summed E-state index contributed by atoms with van der Waals surface area (Å²) in [4.78, 5) is 21.7. The quantitative estimate of drug-likeness (QED) is 0.180. The van der Waals surface area contributed by atoms with Gasteiger partial charge in [-0.15, -0.1) is 0 Å². The molecule has 1 aromatic carbocycles. The third-order valence-electron chi connectivity index (χ3n) is 3.54. The predicted molar refractivity (Wildman–Crippen MR) is 101 cm³/mol. The first-order valence-corrected chi connectivity index (χ1v) is 8.94. The molecule has 1 aliphatic heterocycles. The number of ether oxygens (including phenoxy) is 3. The SMILES string of the molecule is CC(CO)(CO)CO.O=C1OC(=O)c2ccccc21.OCCOCCOCCO. The highest BCUT2D eigenvalue weighted by molar-refractivity contribution is 6.14. The minimum atomic E-state index is -0.708. The first kappa shape index (κ1) is 27.1. The summed E-state index contributed by atoms with van der Waals surface area (Å²) in [6.07, 6.45) is 0. The van der Waals surface area contributed by atoms with Crippen molar-refractivity contribution in [3.63, 3.8) is 0 Å². The van der Waals surface area contributed by atoms with Crippen molar-refractivity contribution in [1.29, 1.82) is 0 Å². The van der Waals surface area contributed by atoms with Crippen LogP contribution >= 0.6 is 0 Å². The number of hydrogen-bond acceptors (Lipinski definition) is 10. The average Bonchev–Trinajstić information content (AvgIpc) is 3.05. The second-order valence-corrected chi connectivity index (χ2v) is 6.18. The van der Waals surface area contributed by atoms with E-state index in [0.717, 1.165) is 0 Å². The number of carbonyl (C=O) groups is 2. The van der Waals surface area contributed by atoms with Gasteiger partial charge in [-0.1, -0.05) is 19.1 Å². The fourth-order valence-corrected chi connectivity index (χ4v) is 1.63. The molecule has 0 fully saturated rings. The first-order valence-electron chi connectivity index (χ1n) is 8.94. The fraction of sp³-hybridized carbons (Fsp3) is 0.579. The van der Waals surface area contributed by atoms with Crippen LogP contribution in [0.25, 0.3) is 0 Å². The first-order chi connectivity index (χ1) is 13.9. The Hall–Kier alpha value is -1.92. The number of aliphatic hydroxyl groups excluding tert-OH is 5. The van der Waals surface area contributed by atoms with Crippen molar-refractivity contribution < 1.29 is 49.3 Å². The lowest BCUT2D eigenvalue weighted by molar-refractivity contribution is 0.0200. The maximum absolute atomic E-state index is 10.8. The summed E-state index contributed by atoms with van der Waals surface area (Å²) >= 11 is 0. The number of esters is 2. The van der Waals surface area contributed by atoms with Gasteiger partial charge in [-0.25, -0.2) is 9.59 Å². The monoisotopic (exact) mass is 418 g/mol. The maximum Gasteiger partial charge on any atom is 0.346 e. The summed E-state index contributed by atoms with van der Waals surface area (Å²) in [7, 11) is 0. The minimum Gasteiger partial charge on any atom is -0.396 e. The van der Waals surface area contributed by atoms with E-state index in [2.05, 4.69) is 4.74 Å². The standard InChI is InChI=1S/C8H4O3.C6H14O4.C5H12O3/c9-7-5-3-1-2-4-6(5)8(10)11-7;7-1-3-9-5-6-10-4-2-8;1-5(2-6,3-7)4-8/h1-4H;7-8H,1-6H2;6-8H,2-4H2,1H3. The third-order valence-corrected chi connectivity index (χ3v) is 3.54. The van der Waals surface area contributed by atoms with E-state index in [4.69, 9.17) is 35.0 Å². The average molecular weight is 418 g/mol. The lowest BCUT2D eigenvalue weighted by atomic mass is 9.95. The molecule has 10 heteroatoms. The highest BCUT2D eigenvalue weighted by atomic mass is 16.6. The van der Waals surface area contributed by atoms with Crippen molar-refractivity contribution in [2.24, 2.45) is 5.41 Å². The second kappa shape index (κ2) is 15.9. The molecule has 166 valence electrons. The van der Waals surface area contributed by atoms with E-state index in [-0.39, 0.29) is 33.0 Å². The number of rotatable bonds is 10. The zero-order chi connectivity index (χ0) is 22.1. The Bertz CT molecular complexity index is 537. The number of hydrogen-bond donors (Lipinski definition) is 5. The maximum atomic E-state index is 10.8. The van der Waals surface area contributed by atoms with Crippen LogP contribution in [-0.2, 0) is 14.2 Å². The van der Waals surface area contributed by atoms with Crippen LogP contribution in [0.15, 0.2) is 24.3 Å². The molecule has 0 radical (unpaired) electrons. The van der Waals surface area contributed by atoms with E-state index in [1.54, 1.807) is 31.2 Å². The Labute approximate surface area is 169 Å². The Kier molecular flexibility index (Phi) is 14.9. The number of benzene rings is 1. The smallest absolute Gasteiger partial charge is 0.346 e. The largest absolute Gasteiger partial charge is 0.396 e. The highest BCUT2D eigenvalue weighted by Crippen LogP contribution is 2.18. The zero-order valence-corrected chi connectivity index (χ0v) is 16.5. The van der Waals surface area contributed by atoms with Crippen LogP contribution in [0.1, 0.15) is 27.6 Å². The van der Waals surface area contributed by atoms with Crippen LogP contribution in [-0.4, -0.2) is 96.9 Å². The molecule has 0 atom stereocenters. The molecule has 5 N–H and O–H groups in total. The van der Waals surface area contributed by atoms with Crippen molar-refractivity contribution >= 4 is 11.9 Å². The van der Waals surface area contributed by atoms with Crippen LogP contribution in [0.2, 0.25) is 0 Å². The fourth-order valence-electron chi connectivity index (χ4n) is 1.63. The van der Waals surface area contributed by atoms with Crippen LogP contribution in [0.3, 0.4) is 0 Å². The Balaban J connectivity index is 0.000000413. The van der Waals surface area contributed by atoms with Gasteiger partial charge in [0, 0.05) is 5.41 Å². The Morgan fingerprint density at radius 3 is 1.41 bits per heavy atom. The molecule has 2 rings (SSSR count). The molecule has 0 unspecified atom stereocenters. The van der Waals surface area contributed by atoms with Gasteiger partial charge in [0.15, 0.2) is 0 Å². The van der Waals surface area contributed by atoms with E-state index in [9.17, 15) is 9.59 Å². The summed E-state index contributed by atoms with van der Waals surface area (Å²) in [5.41, 5.74) is 0.00926. The van der Waals surface area contributed by atoms with Crippen molar-refractivity contribution in [1.82, 2.24) is 0 Å². The molecule has 0 saturated heterocycles. The number of fused-ring (bicyclic) bond motifs is 1. The van der Waals surface area contributed by atoms with Gasteiger partial charge in [-0.2, -0.15) is 0 Å². The zero-order valence-electron chi connectivity index (χ0n) is 16.5. The molecule has 0 spiro atoms. The highest BCUT2D eigenvalue weighted by Gasteiger charge is 2.28. The normalized spacial score (nSPS) is 12.3. The molecule has 0 bridgehead atoms. The molecule has 0 aromatic heterocycles. The van der Waals surface area contributed by atoms with Crippen molar-refractivity contribution in [2.75, 3.05) is 59.5 Å². The molecule has 10 nitrogen and oxygen atoms in total. The van der Waals surface area contributed by atoms with Crippen molar-refractivity contribution in [3.05, 3.63) is 35.4 Å². The molecular weight excluding hydrogens is 388 g/mol. The molecule has 29 heavy (non-hydrogen) atoms. The van der Waals surface area contributed by atoms with Crippen molar-refractivity contribution in [2.45, 2.75) is 6.92 Å². The molecule has 1 aromatic rings. The lowest BCUT2D eigenvalue weighted by Crippen LogP contribution is -2.29. The van der Waals surface area contributed by atoms with Gasteiger partial charge in [0.2, 0.25) is 0 Å². The molecule has 0 aliphatic carbocycles. The molecule has 1 aliphatic rings. The van der Waals surface area contributed by atoms with Gasteiger partial charge in [-0.05, 0) is 12.1 Å². The van der Waals surface area contributed by atoms with Crippen LogP contribution in [0.4, 0.5) is 0 Å². The number of carbonyl (C=O) groups excluding carboxylic acids is 2. The second-order valence-electron chi connectivity index (χ2n) is 6.18. The predicted octanol–water partition coefficient (Wildman–Crippen LogP) is -1.03. The van der Waals surface area contributed by atoms with Gasteiger partial charge in [0.25, 0.3) is 0 Å². The summed E-state index contributed by atoms with van der Waals surface area (Å²) in [6.45, 7) is 2.79. The number of aliphatic hydroxyl groups is 5. The van der Waals surface area contributed by atoms with Crippen LogP contribution < -0.4 is 0 Å².